The van der Waals surface area contributed by atoms with Gasteiger partial charge in [-0.25, -0.2) is 0 Å². The van der Waals surface area contributed by atoms with Gasteiger partial charge in [-0.3, -0.25) is 19.3 Å². The van der Waals surface area contributed by atoms with Crippen LogP contribution in [0.5, 0.6) is 5.75 Å². The number of carbonyl (C=O) groups is 1. The fourth-order valence-corrected chi connectivity index (χ4v) is 6.28. The number of carbonyl (C=O) groups excluding carboxylic acids is 1. The minimum absolute atomic E-state index is 0.000591. The third-order valence-electron chi connectivity index (χ3n) is 6.68. The minimum Gasteiger partial charge on any atom is -0.502 e. The van der Waals surface area contributed by atoms with Crippen LogP contribution in [-0.2, 0) is 10.5 Å². The molecule has 1 amide bonds. The lowest BCUT2D eigenvalue weighted by Gasteiger charge is -2.53. The van der Waals surface area contributed by atoms with Crippen LogP contribution in [0.25, 0.3) is 0 Å². The second-order valence-corrected chi connectivity index (χ2v) is 9.63. The summed E-state index contributed by atoms with van der Waals surface area (Å²) in [6.45, 7) is 2.67. The molecule has 0 bridgehead atoms. The Morgan fingerprint density at radius 3 is 2.61 bits per heavy atom. The third kappa shape index (κ3) is 3.01. The number of hydrogen-bond acceptors (Lipinski definition) is 6. The molecule has 6 rings (SSSR count). The van der Waals surface area contributed by atoms with Crippen molar-refractivity contribution in [2.24, 2.45) is 0 Å². The Balaban J connectivity index is 1.66. The van der Waals surface area contributed by atoms with Gasteiger partial charge in [0.15, 0.2) is 11.4 Å². The average Bonchev–Trinajstić information content (AvgIpc) is 2.99. The number of thioether (sulfide) groups is 1. The van der Waals surface area contributed by atoms with Crippen molar-refractivity contribution in [1.29, 1.82) is 0 Å². The maximum absolute atomic E-state index is 13.5. The predicted octanol–water partition coefficient (Wildman–Crippen LogP) is 3.09. The van der Waals surface area contributed by atoms with Gasteiger partial charge in [-0.15, -0.1) is 11.8 Å². The molecule has 3 aliphatic rings. The lowest BCUT2D eigenvalue weighted by atomic mass is 9.93. The van der Waals surface area contributed by atoms with Gasteiger partial charge in [-0.1, -0.05) is 42.5 Å². The van der Waals surface area contributed by atoms with E-state index in [0.717, 1.165) is 16.9 Å². The largest absolute Gasteiger partial charge is 0.502 e. The fourth-order valence-electron chi connectivity index (χ4n) is 5.19. The number of aromatic hydroxyl groups is 1. The van der Waals surface area contributed by atoms with E-state index in [-0.39, 0.29) is 23.7 Å². The van der Waals surface area contributed by atoms with Gasteiger partial charge in [0.25, 0.3) is 5.91 Å². The van der Waals surface area contributed by atoms with Crippen LogP contribution >= 0.6 is 11.8 Å². The number of morpholine rings is 1. The van der Waals surface area contributed by atoms with Crippen molar-refractivity contribution in [3.8, 4) is 5.75 Å². The maximum atomic E-state index is 13.5. The molecule has 1 N–H and O–H groups in total. The van der Waals surface area contributed by atoms with Gasteiger partial charge in [-0.05, 0) is 29.7 Å². The number of pyridine rings is 1. The van der Waals surface area contributed by atoms with Gasteiger partial charge in [-0.2, -0.15) is 0 Å². The smallest absolute Gasteiger partial charge is 0.278 e. The first-order valence-corrected chi connectivity index (χ1v) is 12.0. The summed E-state index contributed by atoms with van der Waals surface area (Å²) in [6, 6.07) is 17.5. The van der Waals surface area contributed by atoms with Gasteiger partial charge in [0.1, 0.15) is 6.17 Å². The van der Waals surface area contributed by atoms with Crippen LogP contribution in [0.2, 0.25) is 0 Å². The Kier molecular flexibility index (Phi) is 4.74. The second-order valence-electron chi connectivity index (χ2n) is 8.61. The Morgan fingerprint density at radius 1 is 1.00 bits per heavy atom. The van der Waals surface area contributed by atoms with E-state index in [1.54, 1.807) is 27.5 Å². The summed E-state index contributed by atoms with van der Waals surface area (Å²) >= 11 is 1.79. The molecule has 8 heteroatoms. The number of ether oxygens (including phenoxy) is 1. The fraction of sp³-hybridized carbons (Fsp3) is 0.280. The Labute approximate surface area is 195 Å². The summed E-state index contributed by atoms with van der Waals surface area (Å²) in [5.74, 6) is -0.0407. The first-order valence-electron chi connectivity index (χ1n) is 11.0. The highest BCUT2D eigenvalue weighted by atomic mass is 32.2. The van der Waals surface area contributed by atoms with Gasteiger partial charge in [0, 0.05) is 22.9 Å². The van der Waals surface area contributed by atoms with Gasteiger partial charge >= 0.3 is 0 Å². The van der Waals surface area contributed by atoms with E-state index in [1.807, 2.05) is 31.2 Å². The molecule has 0 spiro atoms. The quantitative estimate of drug-likeness (QED) is 0.600. The van der Waals surface area contributed by atoms with Crippen molar-refractivity contribution < 1.29 is 14.6 Å². The highest BCUT2D eigenvalue weighted by Crippen LogP contribution is 2.44. The second kappa shape index (κ2) is 7.67. The molecule has 3 aliphatic heterocycles. The summed E-state index contributed by atoms with van der Waals surface area (Å²) in [5, 5.41) is 12.8. The normalized spacial score (nSPS) is 23.8. The zero-order valence-electron chi connectivity index (χ0n) is 18.0. The average molecular weight is 462 g/mol. The Bertz CT molecular complexity index is 1280. The molecule has 3 atom stereocenters. The SMILES string of the molecule is C[C@H]1COC[C@@H]2N1C(=O)c1c(O)c(=O)ccn1N2[C@H]1c2ccccc2CSc2ccccc21. The third-order valence-corrected chi connectivity index (χ3v) is 7.82. The van der Waals surface area contributed by atoms with E-state index in [9.17, 15) is 14.7 Å². The number of aromatic nitrogens is 1. The lowest BCUT2D eigenvalue weighted by Crippen LogP contribution is -2.68. The van der Waals surface area contributed by atoms with Crippen LogP contribution < -0.4 is 10.4 Å². The molecule has 4 heterocycles. The summed E-state index contributed by atoms with van der Waals surface area (Å²) in [6.07, 6.45) is 1.19. The molecule has 7 nitrogen and oxygen atoms in total. The van der Waals surface area contributed by atoms with E-state index in [2.05, 4.69) is 29.3 Å². The zero-order valence-corrected chi connectivity index (χ0v) is 18.9. The van der Waals surface area contributed by atoms with Crippen LogP contribution in [0.15, 0.2) is 70.5 Å². The molecule has 0 saturated carbocycles. The minimum atomic E-state index is -0.564. The molecular weight excluding hydrogens is 438 g/mol. The number of hydrogen-bond donors (Lipinski definition) is 1. The molecule has 1 fully saturated rings. The molecule has 0 radical (unpaired) electrons. The first-order chi connectivity index (χ1) is 16.1. The van der Waals surface area contributed by atoms with E-state index < -0.39 is 17.3 Å². The molecule has 2 aromatic carbocycles. The Hall–Kier alpha value is -3.23. The monoisotopic (exact) mass is 461 g/mol. The lowest BCUT2D eigenvalue weighted by molar-refractivity contribution is -0.0468. The topological polar surface area (TPSA) is 75.0 Å². The standard InChI is InChI=1S/C25H23N3O4S/c1-15-12-32-13-21-27(15)25(31)23-24(30)19(29)10-11-26(23)28(21)22-17-7-3-2-6-16(17)14-33-20-9-5-4-8-18(20)22/h2-11,15,21-22,30H,12-14H2,1H3/t15-,21+,22-/m0/s1. The number of benzene rings is 2. The summed E-state index contributed by atoms with van der Waals surface area (Å²) in [4.78, 5) is 28.8. The number of fused-ring (bicyclic) bond motifs is 4. The van der Waals surface area contributed by atoms with Gasteiger partial charge in [0.2, 0.25) is 5.43 Å². The maximum Gasteiger partial charge on any atom is 0.278 e. The van der Waals surface area contributed by atoms with Crippen LogP contribution in [0, 0.1) is 0 Å². The molecule has 1 aromatic heterocycles. The number of rotatable bonds is 1. The van der Waals surface area contributed by atoms with E-state index in [4.69, 9.17) is 4.74 Å². The molecular formula is C25H23N3O4S. The Morgan fingerprint density at radius 2 is 1.76 bits per heavy atom. The van der Waals surface area contributed by atoms with Crippen LogP contribution in [0.4, 0.5) is 0 Å². The molecule has 1 saturated heterocycles. The van der Waals surface area contributed by atoms with Gasteiger partial charge < -0.3 is 14.7 Å². The highest BCUT2D eigenvalue weighted by molar-refractivity contribution is 7.98. The van der Waals surface area contributed by atoms with Crippen molar-refractivity contribution in [1.82, 2.24) is 9.58 Å². The molecule has 168 valence electrons. The first kappa shape index (κ1) is 20.4. The van der Waals surface area contributed by atoms with Crippen molar-refractivity contribution in [3.63, 3.8) is 0 Å². The molecule has 3 aromatic rings. The highest BCUT2D eigenvalue weighted by Gasteiger charge is 2.47. The van der Waals surface area contributed by atoms with Gasteiger partial charge in [0.05, 0.1) is 25.3 Å². The summed E-state index contributed by atoms with van der Waals surface area (Å²) in [5.41, 5.74) is 2.89. The van der Waals surface area contributed by atoms with Crippen LogP contribution in [0.1, 0.15) is 40.1 Å². The zero-order chi connectivity index (χ0) is 22.7. The van der Waals surface area contributed by atoms with Crippen LogP contribution in [-0.4, -0.2) is 46.0 Å². The number of nitrogens with zero attached hydrogens (tertiary/aromatic N) is 3. The van der Waals surface area contributed by atoms with E-state index in [1.165, 1.54) is 16.5 Å². The number of amides is 1. The summed E-state index contributed by atoms with van der Waals surface area (Å²) in [7, 11) is 0. The van der Waals surface area contributed by atoms with E-state index in [0.29, 0.717) is 13.2 Å². The predicted molar refractivity (Wildman–Crippen MR) is 125 cm³/mol. The molecule has 33 heavy (non-hydrogen) atoms. The summed E-state index contributed by atoms with van der Waals surface area (Å²) < 4.78 is 7.58. The van der Waals surface area contributed by atoms with Crippen molar-refractivity contribution >= 4 is 17.7 Å². The van der Waals surface area contributed by atoms with Crippen LogP contribution in [0.3, 0.4) is 0 Å². The van der Waals surface area contributed by atoms with E-state index >= 15 is 0 Å². The molecule has 0 aliphatic carbocycles. The molecule has 0 unspecified atom stereocenters. The van der Waals surface area contributed by atoms with Crippen molar-refractivity contribution in [3.05, 3.63) is 93.4 Å². The van der Waals surface area contributed by atoms with Crippen molar-refractivity contribution in [2.75, 3.05) is 18.2 Å². The van der Waals surface area contributed by atoms with Crippen molar-refractivity contribution in [2.45, 2.75) is 35.8 Å².